The van der Waals surface area contributed by atoms with Crippen molar-refractivity contribution in [2.45, 2.75) is 13.8 Å². The van der Waals surface area contributed by atoms with Gasteiger partial charge in [-0.15, -0.1) is 0 Å². The predicted molar refractivity (Wildman–Crippen MR) is 55.6 cm³/mol. The number of hydrogen-bond acceptors (Lipinski definition) is 1. The van der Waals surface area contributed by atoms with E-state index >= 15 is 0 Å². The van der Waals surface area contributed by atoms with Crippen molar-refractivity contribution in [2.24, 2.45) is 5.92 Å². The Morgan fingerprint density at radius 1 is 1.36 bits per heavy atom. The second kappa shape index (κ2) is 4.28. The van der Waals surface area contributed by atoms with Crippen LogP contribution in [0, 0.1) is 11.7 Å². The summed E-state index contributed by atoms with van der Waals surface area (Å²) in [5.74, 6) is -1.11. The Bertz CT molecular complexity index is 375. The third kappa shape index (κ3) is 2.25. The molecule has 0 saturated heterocycles. The number of carbonyl (C=O) groups excluding carboxylic acids is 1. The largest absolute Gasteiger partial charge is 0.294 e. The second-order valence-corrected chi connectivity index (χ2v) is 4.08. The summed E-state index contributed by atoms with van der Waals surface area (Å²) in [6.45, 7) is 3.44. The van der Waals surface area contributed by atoms with Gasteiger partial charge in [0.25, 0.3) is 0 Å². The van der Waals surface area contributed by atoms with Gasteiger partial charge in [-0.3, -0.25) is 4.79 Å². The van der Waals surface area contributed by atoms with Crippen LogP contribution in [0.25, 0.3) is 0 Å². The van der Waals surface area contributed by atoms with E-state index in [1.165, 1.54) is 6.07 Å². The Morgan fingerprint density at radius 3 is 2.43 bits per heavy atom. The van der Waals surface area contributed by atoms with Gasteiger partial charge in [0.15, 0.2) is 5.78 Å². The number of ketones is 1. The lowest BCUT2D eigenvalue weighted by Gasteiger charge is -2.07. The molecule has 1 aromatic rings. The first kappa shape index (κ1) is 11.5. The number of hydrogen-bond donors (Lipinski definition) is 0. The SMILES string of the molecule is CC(C)C(=O)c1cc(Cl)cc(F)c1Cl. The van der Waals surface area contributed by atoms with Gasteiger partial charge in [0, 0.05) is 16.5 Å². The van der Waals surface area contributed by atoms with Crippen LogP contribution in [0.1, 0.15) is 24.2 Å². The number of carbonyl (C=O) groups is 1. The Hall–Kier alpha value is -0.600. The Balaban J connectivity index is 3.27. The Morgan fingerprint density at radius 2 is 1.93 bits per heavy atom. The number of benzene rings is 1. The van der Waals surface area contributed by atoms with Crippen molar-refractivity contribution in [3.8, 4) is 0 Å². The van der Waals surface area contributed by atoms with E-state index in [1.54, 1.807) is 13.8 Å². The fraction of sp³-hybridized carbons (Fsp3) is 0.300. The van der Waals surface area contributed by atoms with Crippen LogP contribution in [-0.2, 0) is 0 Å². The van der Waals surface area contributed by atoms with Crippen molar-refractivity contribution in [1.82, 2.24) is 0 Å². The summed E-state index contributed by atoms with van der Waals surface area (Å²) >= 11 is 11.3. The molecule has 0 unspecified atom stereocenters. The van der Waals surface area contributed by atoms with Crippen LogP contribution in [0.3, 0.4) is 0 Å². The van der Waals surface area contributed by atoms with E-state index in [4.69, 9.17) is 23.2 Å². The molecule has 0 spiro atoms. The minimum atomic E-state index is -0.664. The first-order chi connectivity index (χ1) is 6.43. The molecule has 0 bridgehead atoms. The summed E-state index contributed by atoms with van der Waals surface area (Å²) < 4.78 is 13.1. The minimum Gasteiger partial charge on any atom is -0.294 e. The molecular formula is C10H9Cl2FO. The maximum Gasteiger partial charge on any atom is 0.167 e. The van der Waals surface area contributed by atoms with Crippen molar-refractivity contribution >= 4 is 29.0 Å². The van der Waals surface area contributed by atoms with Gasteiger partial charge in [0.2, 0.25) is 0 Å². The molecule has 0 N–H and O–H groups in total. The molecule has 0 aliphatic carbocycles. The fourth-order valence-electron chi connectivity index (χ4n) is 1.05. The molecule has 1 rings (SSSR count). The van der Waals surface area contributed by atoms with Crippen LogP contribution in [0.15, 0.2) is 12.1 Å². The third-order valence-electron chi connectivity index (χ3n) is 1.78. The van der Waals surface area contributed by atoms with Crippen LogP contribution in [0.4, 0.5) is 4.39 Å². The summed E-state index contributed by atoms with van der Waals surface area (Å²) in [4.78, 5) is 11.6. The average Bonchev–Trinajstić information content (AvgIpc) is 2.09. The molecule has 0 amide bonds. The second-order valence-electron chi connectivity index (χ2n) is 3.27. The molecule has 1 aromatic carbocycles. The van der Waals surface area contributed by atoms with Gasteiger partial charge >= 0.3 is 0 Å². The van der Waals surface area contributed by atoms with Crippen molar-refractivity contribution in [2.75, 3.05) is 0 Å². The number of rotatable bonds is 2. The van der Waals surface area contributed by atoms with Gasteiger partial charge in [-0.2, -0.15) is 0 Å². The molecule has 0 atom stereocenters. The van der Waals surface area contributed by atoms with Crippen LogP contribution < -0.4 is 0 Å². The summed E-state index contributed by atoms with van der Waals surface area (Å²) in [5, 5.41) is 0.0176. The van der Waals surface area contributed by atoms with Crippen LogP contribution in [0.5, 0.6) is 0 Å². The standard InChI is InChI=1S/C10H9Cl2FO/c1-5(2)10(14)7-3-6(11)4-8(13)9(7)12/h3-5H,1-2H3. The maximum atomic E-state index is 13.1. The first-order valence-electron chi connectivity index (χ1n) is 4.12. The molecule has 0 fully saturated rings. The van der Waals surface area contributed by atoms with Gasteiger partial charge in [-0.05, 0) is 12.1 Å². The quantitative estimate of drug-likeness (QED) is 0.559. The summed E-state index contributed by atoms with van der Waals surface area (Å²) in [6, 6.07) is 2.47. The monoisotopic (exact) mass is 234 g/mol. The van der Waals surface area contributed by atoms with Gasteiger partial charge < -0.3 is 0 Å². The van der Waals surface area contributed by atoms with E-state index in [0.717, 1.165) is 6.07 Å². The Labute approximate surface area is 91.8 Å². The van der Waals surface area contributed by atoms with Crippen molar-refractivity contribution in [3.05, 3.63) is 33.6 Å². The summed E-state index contributed by atoms with van der Waals surface area (Å²) in [6.07, 6.45) is 0. The molecular weight excluding hydrogens is 226 g/mol. The highest BCUT2D eigenvalue weighted by atomic mass is 35.5. The zero-order valence-corrected chi connectivity index (χ0v) is 9.29. The van der Waals surface area contributed by atoms with Crippen LogP contribution in [0.2, 0.25) is 10.0 Å². The molecule has 0 aromatic heterocycles. The van der Waals surface area contributed by atoms with E-state index in [2.05, 4.69) is 0 Å². The van der Waals surface area contributed by atoms with Crippen molar-refractivity contribution in [1.29, 1.82) is 0 Å². The van der Waals surface area contributed by atoms with E-state index in [0.29, 0.717) is 0 Å². The normalized spacial score (nSPS) is 10.7. The van der Waals surface area contributed by atoms with E-state index in [-0.39, 0.29) is 27.3 Å². The summed E-state index contributed by atoms with van der Waals surface area (Å²) in [5.41, 5.74) is 0.145. The minimum absolute atomic E-state index is 0.145. The zero-order valence-electron chi connectivity index (χ0n) is 7.77. The van der Waals surface area contributed by atoms with Gasteiger partial charge in [0.05, 0.1) is 5.02 Å². The molecule has 0 radical (unpaired) electrons. The van der Waals surface area contributed by atoms with Gasteiger partial charge in [-0.25, -0.2) is 4.39 Å². The molecule has 4 heteroatoms. The molecule has 14 heavy (non-hydrogen) atoms. The van der Waals surface area contributed by atoms with E-state index in [1.807, 2.05) is 0 Å². The lowest BCUT2D eigenvalue weighted by molar-refractivity contribution is 0.0939. The molecule has 1 nitrogen and oxygen atoms in total. The van der Waals surface area contributed by atoms with Crippen LogP contribution >= 0.6 is 23.2 Å². The third-order valence-corrected chi connectivity index (χ3v) is 2.39. The molecule has 0 aliphatic rings. The highest BCUT2D eigenvalue weighted by Gasteiger charge is 2.17. The van der Waals surface area contributed by atoms with Gasteiger partial charge in [-0.1, -0.05) is 37.0 Å². The first-order valence-corrected chi connectivity index (χ1v) is 4.88. The van der Waals surface area contributed by atoms with E-state index in [9.17, 15) is 9.18 Å². The van der Waals surface area contributed by atoms with E-state index < -0.39 is 5.82 Å². The fourth-order valence-corrected chi connectivity index (χ4v) is 1.45. The highest BCUT2D eigenvalue weighted by molar-refractivity contribution is 6.36. The number of Topliss-reactive ketones (excluding diaryl/α,β-unsaturated/α-hetero) is 1. The van der Waals surface area contributed by atoms with Gasteiger partial charge in [0.1, 0.15) is 5.82 Å². The lowest BCUT2D eigenvalue weighted by atomic mass is 10.0. The van der Waals surface area contributed by atoms with Crippen molar-refractivity contribution in [3.63, 3.8) is 0 Å². The molecule has 0 heterocycles. The summed E-state index contributed by atoms with van der Waals surface area (Å²) in [7, 11) is 0. The lowest BCUT2D eigenvalue weighted by Crippen LogP contribution is -2.08. The van der Waals surface area contributed by atoms with Crippen LogP contribution in [-0.4, -0.2) is 5.78 Å². The predicted octanol–water partition coefficient (Wildman–Crippen LogP) is 3.97. The Kier molecular flexibility index (Phi) is 3.51. The smallest absolute Gasteiger partial charge is 0.167 e. The highest BCUT2D eigenvalue weighted by Crippen LogP contribution is 2.26. The topological polar surface area (TPSA) is 17.1 Å². The van der Waals surface area contributed by atoms with Crippen molar-refractivity contribution < 1.29 is 9.18 Å². The average molecular weight is 235 g/mol. The maximum absolute atomic E-state index is 13.1. The molecule has 0 aliphatic heterocycles. The molecule has 0 saturated carbocycles. The molecule has 76 valence electrons. The zero-order chi connectivity index (χ0) is 10.9. The number of halogens is 3.